The molecule has 0 atom stereocenters. The lowest BCUT2D eigenvalue weighted by molar-refractivity contribution is 0.101. The van der Waals surface area contributed by atoms with Crippen LogP contribution in [-0.4, -0.2) is 15.6 Å². The maximum atomic E-state index is 14.4. The summed E-state index contributed by atoms with van der Waals surface area (Å²) < 4.78 is 28.6. The van der Waals surface area contributed by atoms with Gasteiger partial charge in [-0.15, -0.1) is 0 Å². The number of amides is 1. The number of carbonyl (C=O) groups excluding carboxylic acids is 1. The van der Waals surface area contributed by atoms with Crippen molar-refractivity contribution in [2.75, 3.05) is 5.43 Å². The Morgan fingerprint density at radius 1 is 1.00 bits per heavy atom. The first kappa shape index (κ1) is 18.8. The molecule has 0 bridgehead atoms. The molecule has 1 amide bonds. The summed E-state index contributed by atoms with van der Waals surface area (Å²) >= 11 is 5.94. The Balaban J connectivity index is 1.91. The molecule has 0 aliphatic carbocycles. The maximum Gasteiger partial charge on any atom is 0.280 e. The summed E-state index contributed by atoms with van der Waals surface area (Å²) in [7, 11) is 0. The van der Waals surface area contributed by atoms with Crippen molar-refractivity contribution in [1.82, 2.24) is 9.66 Å². The van der Waals surface area contributed by atoms with E-state index in [1.54, 1.807) is 30.3 Å². The van der Waals surface area contributed by atoms with Crippen LogP contribution in [0.4, 0.5) is 8.78 Å². The molecule has 4 rings (SSSR count). The van der Waals surface area contributed by atoms with Crippen LogP contribution in [0.15, 0.2) is 71.5 Å². The Morgan fingerprint density at radius 2 is 1.72 bits per heavy atom. The van der Waals surface area contributed by atoms with E-state index in [1.807, 2.05) is 0 Å². The first-order valence-electron chi connectivity index (χ1n) is 8.49. The highest BCUT2D eigenvalue weighted by atomic mass is 35.5. The van der Waals surface area contributed by atoms with Gasteiger partial charge in [-0.05, 0) is 42.5 Å². The van der Waals surface area contributed by atoms with E-state index in [9.17, 15) is 18.4 Å². The molecule has 5 nitrogen and oxygen atoms in total. The molecule has 8 heteroatoms. The number of nitrogens with zero attached hydrogens (tertiary/aromatic N) is 2. The van der Waals surface area contributed by atoms with Crippen LogP contribution in [0.2, 0.25) is 5.02 Å². The molecule has 0 unspecified atom stereocenters. The molecule has 1 N–H and O–H groups in total. The van der Waals surface area contributed by atoms with Crippen molar-refractivity contribution in [3.05, 3.63) is 99.3 Å². The Kier molecular flexibility index (Phi) is 4.82. The van der Waals surface area contributed by atoms with Crippen molar-refractivity contribution in [2.24, 2.45) is 0 Å². The molecule has 0 radical (unpaired) electrons. The van der Waals surface area contributed by atoms with Crippen molar-refractivity contribution in [2.45, 2.75) is 0 Å². The summed E-state index contributed by atoms with van der Waals surface area (Å²) in [4.78, 5) is 30.1. The zero-order valence-corrected chi connectivity index (χ0v) is 15.5. The first-order chi connectivity index (χ1) is 14.0. The van der Waals surface area contributed by atoms with Crippen molar-refractivity contribution in [1.29, 1.82) is 0 Å². The predicted molar refractivity (Wildman–Crippen MR) is 106 cm³/mol. The molecule has 0 saturated carbocycles. The molecule has 4 aromatic rings. The summed E-state index contributed by atoms with van der Waals surface area (Å²) in [5.41, 5.74) is 2.13. The number of nitrogens with one attached hydrogen (secondary N) is 1. The minimum atomic E-state index is -0.772. The highest BCUT2D eigenvalue weighted by molar-refractivity contribution is 6.34. The van der Waals surface area contributed by atoms with E-state index in [4.69, 9.17) is 11.6 Å². The van der Waals surface area contributed by atoms with Crippen molar-refractivity contribution in [3.8, 4) is 11.4 Å². The lowest BCUT2D eigenvalue weighted by atomic mass is 10.1. The number of benzene rings is 3. The van der Waals surface area contributed by atoms with Gasteiger partial charge in [0.1, 0.15) is 11.6 Å². The highest BCUT2D eigenvalue weighted by Gasteiger charge is 2.19. The monoisotopic (exact) mass is 411 g/mol. The quantitative estimate of drug-likeness (QED) is 0.544. The highest BCUT2D eigenvalue weighted by Crippen LogP contribution is 2.22. The molecule has 0 aliphatic heterocycles. The number of fused-ring (bicyclic) bond motifs is 1. The maximum absolute atomic E-state index is 14.4. The molecule has 1 heterocycles. The third-order valence-corrected chi connectivity index (χ3v) is 4.59. The number of hydrogen-bond donors (Lipinski definition) is 1. The van der Waals surface area contributed by atoms with Crippen LogP contribution in [0.5, 0.6) is 0 Å². The Morgan fingerprint density at radius 3 is 2.48 bits per heavy atom. The Labute approximate surface area is 168 Å². The van der Waals surface area contributed by atoms with E-state index < -0.39 is 23.1 Å². The third kappa shape index (κ3) is 3.48. The van der Waals surface area contributed by atoms with Gasteiger partial charge >= 0.3 is 0 Å². The lowest BCUT2D eigenvalue weighted by Gasteiger charge is -2.15. The second-order valence-corrected chi connectivity index (χ2v) is 6.55. The Hall–Kier alpha value is -3.58. The van der Waals surface area contributed by atoms with Gasteiger partial charge in [0.25, 0.3) is 11.5 Å². The molecule has 0 aliphatic rings. The fourth-order valence-corrected chi connectivity index (χ4v) is 3.15. The average molecular weight is 412 g/mol. The van der Waals surface area contributed by atoms with E-state index >= 15 is 0 Å². The Bertz CT molecular complexity index is 1320. The predicted octanol–water partition coefficient (Wildman–Crippen LogP) is 4.38. The zero-order chi connectivity index (χ0) is 20.5. The fourth-order valence-electron chi connectivity index (χ4n) is 2.90. The minimum Gasteiger partial charge on any atom is -0.267 e. The van der Waals surface area contributed by atoms with Crippen LogP contribution >= 0.6 is 11.6 Å². The van der Waals surface area contributed by atoms with Crippen LogP contribution in [-0.2, 0) is 0 Å². The molecule has 0 saturated heterocycles. The van der Waals surface area contributed by atoms with E-state index in [0.29, 0.717) is 5.52 Å². The van der Waals surface area contributed by atoms with Gasteiger partial charge in [0.15, 0.2) is 5.82 Å². The van der Waals surface area contributed by atoms with Gasteiger partial charge in [0.05, 0.1) is 27.1 Å². The number of rotatable bonds is 3. The molecule has 29 heavy (non-hydrogen) atoms. The van der Waals surface area contributed by atoms with E-state index in [0.717, 1.165) is 16.8 Å². The summed E-state index contributed by atoms with van der Waals surface area (Å²) in [6.07, 6.45) is 0. The van der Waals surface area contributed by atoms with Crippen molar-refractivity contribution >= 4 is 28.4 Å². The fraction of sp³-hybridized carbons (Fsp3) is 0. The summed E-state index contributed by atoms with van der Waals surface area (Å²) in [5.74, 6) is -2.08. The lowest BCUT2D eigenvalue weighted by Crippen LogP contribution is -2.35. The van der Waals surface area contributed by atoms with Gasteiger partial charge in [-0.3, -0.25) is 15.0 Å². The minimum absolute atomic E-state index is 0.0286. The topological polar surface area (TPSA) is 64.0 Å². The number of para-hydroxylation sites is 1. The molecular formula is C21H12ClF2N3O2. The second-order valence-electron chi connectivity index (χ2n) is 6.14. The van der Waals surface area contributed by atoms with Crippen LogP contribution < -0.4 is 11.0 Å². The summed E-state index contributed by atoms with van der Waals surface area (Å²) in [6, 6.07) is 15.5. The normalized spacial score (nSPS) is 10.9. The van der Waals surface area contributed by atoms with Crippen LogP contribution in [0.1, 0.15) is 10.4 Å². The van der Waals surface area contributed by atoms with Crippen molar-refractivity contribution < 1.29 is 13.6 Å². The number of halogens is 3. The van der Waals surface area contributed by atoms with Gasteiger partial charge in [-0.25, -0.2) is 13.8 Å². The largest absolute Gasteiger partial charge is 0.280 e. The van der Waals surface area contributed by atoms with Crippen LogP contribution in [0.3, 0.4) is 0 Å². The number of hydrogen-bond acceptors (Lipinski definition) is 3. The van der Waals surface area contributed by atoms with E-state index in [-0.39, 0.29) is 27.4 Å². The number of carbonyl (C=O) groups is 1. The average Bonchev–Trinajstić information content (AvgIpc) is 2.70. The van der Waals surface area contributed by atoms with Gasteiger partial charge < -0.3 is 0 Å². The van der Waals surface area contributed by atoms with Crippen LogP contribution in [0, 0.1) is 11.6 Å². The molecular weight excluding hydrogens is 400 g/mol. The molecule has 1 aromatic heterocycles. The summed E-state index contributed by atoms with van der Waals surface area (Å²) in [5, 5.41) is 0.106. The molecule has 0 spiro atoms. The van der Waals surface area contributed by atoms with Crippen LogP contribution in [0.25, 0.3) is 22.3 Å². The molecule has 144 valence electrons. The SMILES string of the molecule is O=C(Nn1c(-c2ccccc2F)nc2ccccc2c1=O)c1ccc(F)cc1Cl. The number of aromatic nitrogens is 2. The van der Waals surface area contributed by atoms with Gasteiger partial charge in [0, 0.05) is 0 Å². The smallest absolute Gasteiger partial charge is 0.267 e. The van der Waals surface area contributed by atoms with E-state index in [2.05, 4.69) is 10.4 Å². The van der Waals surface area contributed by atoms with Crippen molar-refractivity contribution in [3.63, 3.8) is 0 Å². The van der Waals surface area contributed by atoms with Gasteiger partial charge in [-0.1, -0.05) is 35.9 Å². The third-order valence-electron chi connectivity index (χ3n) is 4.28. The first-order valence-corrected chi connectivity index (χ1v) is 8.86. The zero-order valence-electron chi connectivity index (χ0n) is 14.7. The second kappa shape index (κ2) is 7.44. The van der Waals surface area contributed by atoms with E-state index in [1.165, 1.54) is 24.3 Å². The summed E-state index contributed by atoms with van der Waals surface area (Å²) in [6.45, 7) is 0. The van der Waals surface area contributed by atoms with Gasteiger partial charge in [-0.2, -0.15) is 4.68 Å². The molecule has 0 fully saturated rings. The van der Waals surface area contributed by atoms with Gasteiger partial charge in [0.2, 0.25) is 0 Å². The molecule has 3 aromatic carbocycles. The standard InChI is InChI=1S/C21H12ClF2N3O2/c22-16-11-12(23)9-10-13(16)20(28)26-27-19(14-5-1-3-7-17(14)24)25-18-8-4-2-6-15(18)21(27)29/h1-11H,(H,26,28).